The fourth-order valence-corrected chi connectivity index (χ4v) is 4.40. The van der Waals surface area contributed by atoms with Crippen molar-refractivity contribution in [3.8, 4) is 0 Å². The number of carbonyl (C=O) groups is 1. The molecule has 160 valence electrons. The number of para-hydroxylation sites is 1. The SMILES string of the molecule is C=C[C@H]1CN[C@@H](C(OC(=O)Cc2ccccc2F)c2ccnc3ccccc23)C[C@@H]1C. The van der Waals surface area contributed by atoms with Crippen LogP contribution in [0.4, 0.5) is 4.39 Å². The average molecular weight is 419 g/mol. The predicted molar refractivity (Wildman–Crippen MR) is 120 cm³/mol. The zero-order valence-corrected chi connectivity index (χ0v) is 17.6. The molecule has 0 radical (unpaired) electrons. The second-order valence-electron chi connectivity index (χ2n) is 8.22. The molecule has 0 spiro atoms. The highest BCUT2D eigenvalue weighted by molar-refractivity contribution is 5.83. The first-order valence-electron chi connectivity index (χ1n) is 10.7. The van der Waals surface area contributed by atoms with E-state index in [4.69, 9.17) is 4.74 Å². The maximum atomic E-state index is 14.1. The molecule has 3 aromatic rings. The number of hydrogen-bond donors (Lipinski definition) is 1. The molecule has 4 rings (SSSR count). The molecule has 0 amide bonds. The summed E-state index contributed by atoms with van der Waals surface area (Å²) in [6, 6.07) is 16.0. The van der Waals surface area contributed by atoms with Gasteiger partial charge in [0.25, 0.3) is 0 Å². The second-order valence-corrected chi connectivity index (χ2v) is 8.22. The van der Waals surface area contributed by atoms with Crippen molar-refractivity contribution in [3.05, 3.63) is 90.4 Å². The van der Waals surface area contributed by atoms with Crippen LogP contribution in [0.1, 0.15) is 30.6 Å². The Kier molecular flexibility index (Phi) is 6.42. The van der Waals surface area contributed by atoms with E-state index in [1.54, 1.807) is 24.4 Å². The van der Waals surface area contributed by atoms with Gasteiger partial charge in [0.15, 0.2) is 0 Å². The lowest BCUT2D eigenvalue weighted by atomic mass is 9.81. The number of benzene rings is 2. The number of rotatable bonds is 6. The molecule has 2 heterocycles. The minimum absolute atomic E-state index is 0.0541. The molecule has 0 bridgehead atoms. The average Bonchev–Trinajstić information content (AvgIpc) is 2.79. The molecule has 4 atom stereocenters. The van der Waals surface area contributed by atoms with Gasteiger partial charge < -0.3 is 10.1 Å². The Hall–Kier alpha value is -3.05. The maximum absolute atomic E-state index is 14.1. The topological polar surface area (TPSA) is 51.2 Å². The molecule has 1 unspecified atom stereocenters. The van der Waals surface area contributed by atoms with Crippen LogP contribution in [0.5, 0.6) is 0 Å². The normalized spacial score (nSPS) is 22.1. The summed E-state index contributed by atoms with van der Waals surface area (Å²) < 4.78 is 20.1. The quantitative estimate of drug-likeness (QED) is 0.452. The highest BCUT2D eigenvalue weighted by Crippen LogP contribution is 2.34. The van der Waals surface area contributed by atoms with Gasteiger partial charge in [-0.1, -0.05) is 49.4 Å². The van der Waals surface area contributed by atoms with Crippen molar-refractivity contribution in [3.63, 3.8) is 0 Å². The molecule has 4 nitrogen and oxygen atoms in total. The third kappa shape index (κ3) is 4.67. The molecule has 0 aliphatic carbocycles. The number of nitrogens with zero attached hydrogens (tertiary/aromatic N) is 1. The fraction of sp³-hybridized carbons (Fsp3) is 0.308. The molecule has 2 aromatic carbocycles. The van der Waals surface area contributed by atoms with Gasteiger partial charge in [0.2, 0.25) is 0 Å². The molecule has 1 saturated heterocycles. The van der Waals surface area contributed by atoms with Gasteiger partial charge in [-0.15, -0.1) is 6.58 Å². The van der Waals surface area contributed by atoms with Gasteiger partial charge >= 0.3 is 5.97 Å². The number of nitrogens with one attached hydrogen (secondary N) is 1. The van der Waals surface area contributed by atoms with Gasteiger partial charge in [-0.3, -0.25) is 9.78 Å². The smallest absolute Gasteiger partial charge is 0.311 e. The van der Waals surface area contributed by atoms with Crippen molar-refractivity contribution < 1.29 is 13.9 Å². The van der Waals surface area contributed by atoms with E-state index in [0.717, 1.165) is 29.4 Å². The fourth-order valence-electron chi connectivity index (χ4n) is 4.40. The lowest BCUT2D eigenvalue weighted by Gasteiger charge is -2.38. The Bertz CT molecular complexity index is 1080. The van der Waals surface area contributed by atoms with E-state index in [1.807, 2.05) is 36.4 Å². The summed E-state index contributed by atoms with van der Waals surface area (Å²) >= 11 is 0. The van der Waals surface area contributed by atoms with Gasteiger partial charge in [0, 0.05) is 29.7 Å². The van der Waals surface area contributed by atoms with Crippen LogP contribution in [0.15, 0.2) is 73.4 Å². The standard InChI is InChI=1S/C26H27FN2O2/c1-3-18-16-29-24(14-17(18)2)26(21-12-13-28-23-11-7-5-9-20(21)23)31-25(30)15-19-8-4-6-10-22(19)27/h3-13,17-18,24,26,29H,1,14-16H2,2H3/t17-,18-,24+,26?/m0/s1. The maximum Gasteiger partial charge on any atom is 0.311 e. The molecule has 31 heavy (non-hydrogen) atoms. The van der Waals surface area contributed by atoms with Crippen LogP contribution in [-0.4, -0.2) is 23.5 Å². The highest BCUT2D eigenvalue weighted by Gasteiger charge is 2.34. The number of halogens is 1. The molecule has 5 heteroatoms. The van der Waals surface area contributed by atoms with Crippen LogP contribution in [0.3, 0.4) is 0 Å². The van der Waals surface area contributed by atoms with Crippen molar-refractivity contribution in [2.24, 2.45) is 11.8 Å². The van der Waals surface area contributed by atoms with Crippen LogP contribution in [0.2, 0.25) is 0 Å². The molecule has 1 aromatic heterocycles. The highest BCUT2D eigenvalue weighted by atomic mass is 19.1. The number of carbonyl (C=O) groups excluding carboxylic acids is 1. The number of hydrogen-bond acceptors (Lipinski definition) is 4. The van der Waals surface area contributed by atoms with E-state index >= 15 is 0 Å². The minimum Gasteiger partial charge on any atom is -0.456 e. The first-order valence-corrected chi connectivity index (χ1v) is 10.7. The number of aromatic nitrogens is 1. The Morgan fingerprint density at radius 1 is 1.26 bits per heavy atom. The third-order valence-corrected chi connectivity index (χ3v) is 6.18. The van der Waals surface area contributed by atoms with Crippen LogP contribution >= 0.6 is 0 Å². The van der Waals surface area contributed by atoms with Crippen molar-refractivity contribution in [2.75, 3.05) is 6.54 Å². The Labute approximate surface area is 182 Å². The molecule has 1 aliphatic heterocycles. The summed E-state index contributed by atoms with van der Waals surface area (Å²) in [6.45, 7) is 6.91. The molecule has 1 aliphatic rings. The summed E-state index contributed by atoms with van der Waals surface area (Å²) in [5.74, 6) is -0.0651. The lowest BCUT2D eigenvalue weighted by molar-refractivity contribution is -0.151. The van der Waals surface area contributed by atoms with Crippen LogP contribution < -0.4 is 5.32 Å². The molecule has 1 fully saturated rings. The van der Waals surface area contributed by atoms with Crippen molar-refractivity contribution >= 4 is 16.9 Å². The number of fused-ring (bicyclic) bond motifs is 1. The van der Waals surface area contributed by atoms with E-state index in [2.05, 4.69) is 23.8 Å². The van der Waals surface area contributed by atoms with E-state index in [1.165, 1.54) is 6.07 Å². The van der Waals surface area contributed by atoms with Crippen LogP contribution in [0, 0.1) is 17.7 Å². The van der Waals surface area contributed by atoms with E-state index < -0.39 is 17.9 Å². The zero-order valence-electron chi connectivity index (χ0n) is 17.6. The molecule has 0 saturated carbocycles. The molecular formula is C26H27FN2O2. The van der Waals surface area contributed by atoms with E-state index in [9.17, 15) is 9.18 Å². The van der Waals surface area contributed by atoms with Gasteiger partial charge in [-0.2, -0.15) is 0 Å². The van der Waals surface area contributed by atoms with Crippen molar-refractivity contribution in [1.82, 2.24) is 10.3 Å². The second kappa shape index (κ2) is 9.40. The van der Waals surface area contributed by atoms with E-state index in [0.29, 0.717) is 17.4 Å². The Morgan fingerprint density at radius 2 is 2.03 bits per heavy atom. The number of ether oxygens (including phenoxy) is 1. The predicted octanol–water partition coefficient (Wildman–Crippen LogP) is 5.00. The summed E-state index contributed by atoms with van der Waals surface area (Å²) in [7, 11) is 0. The van der Waals surface area contributed by atoms with Gasteiger partial charge in [-0.05, 0) is 42.0 Å². The van der Waals surface area contributed by atoms with Crippen LogP contribution in [0.25, 0.3) is 10.9 Å². The largest absolute Gasteiger partial charge is 0.456 e. The summed E-state index contributed by atoms with van der Waals surface area (Å²) in [5.41, 5.74) is 2.10. The summed E-state index contributed by atoms with van der Waals surface area (Å²) in [6.07, 6.45) is 3.96. The monoisotopic (exact) mass is 418 g/mol. The number of piperidine rings is 1. The lowest BCUT2D eigenvalue weighted by Crippen LogP contribution is -2.46. The van der Waals surface area contributed by atoms with Crippen molar-refractivity contribution in [1.29, 1.82) is 0 Å². The van der Waals surface area contributed by atoms with Crippen LogP contribution in [-0.2, 0) is 16.0 Å². The minimum atomic E-state index is -0.500. The molecule has 1 N–H and O–H groups in total. The number of esters is 1. The first kappa shape index (κ1) is 21.2. The third-order valence-electron chi connectivity index (χ3n) is 6.18. The Morgan fingerprint density at radius 3 is 2.81 bits per heavy atom. The first-order chi connectivity index (χ1) is 15.1. The van der Waals surface area contributed by atoms with Crippen molar-refractivity contribution in [2.45, 2.75) is 31.9 Å². The molecular weight excluding hydrogens is 391 g/mol. The number of pyridine rings is 1. The zero-order chi connectivity index (χ0) is 21.8. The van der Waals surface area contributed by atoms with Gasteiger partial charge in [0.1, 0.15) is 11.9 Å². The van der Waals surface area contributed by atoms with Gasteiger partial charge in [0.05, 0.1) is 11.9 Å². The summed E-state index contributed by atoms with van der Waals surface area (Å²) in [4.78, 5) is 17.3. The summed E-state index contributed by atoms with van der Waals surface area (Å²) in [5, 5.41) is 4.50. The van der Waals surface area contributed by atoms with Gasteiger partial charge in [-0.25, -0.2) is 4.39 Å². The van der Waals surface area contributed by atoms with E-state index in [-0.39, 0.29) is 12.5 Å². The Balaban J connectivity index is 1.65.